The van der Waals surface area contributed by atoms with Gasteiger partial charge < -0.3 is 9.47 Å². The van der Waals surface area contributed by atoms with Gasteiger partial charge >= 0.3 is 0 Å². The second kappa shape index (κ2) is 5.68. The summed E-state index contributed by atoms with van der Waals surface area (Å²) >= 11 is 0. The Morgan fingerprint density at radius 1 is 1.29 bits per heavy atom. The lowest BCUT2D eigenvalue weighted by molar-refractivity contribution is -0.135. The van der Waals surface area contributed by atoms with Gasteiger partial charge in [-0.15, -0.1) is 0 Å². The maximum absolute atomic E-state index is 12.8. The van der Waals surface area contributed by atoms with Crippen LogP contribution in [0.4, 0.5) is 0 Å². The summed E-state index contributed by atoms with van der Waals surface area (Å²) in [7, 11) is 0. The summed E-state index contributed by atoms with van der Waals surface area (Å²) in [6.45, 7) is 5.30. The van der Waals surface area contributed by atoms with E-state index in [-0.39, 0.29) is 11.9 Å². The van der Waals surface area contributed by atoms with E-state index in [4.69, 9.17) is 0 Å². The minimum absolute atomic E-state index is 0.132. The highest BCUT2D eigenvalue weighted by Crippen LogP contribution is 2.25. The van der Waals surface area contributed by atoms with Gasteiger partial charge in [0.15, 0.2) is 0 Å². The molecule has 0 N–H and O–H groups in total. The van der Waals surface area contributed by atoms with Crippen LogP contribution in [0.3, 0.4) is 0 Å². The van der Waals surface area contributed by atoms with Gasteiger partial charge in [0.1, 0.15) is 11.9 Å². The van der Waals surface area contributed by atoms with E-state index in [2.05, 4.69) is 9.97 Å². The molecule has 0 radical (unpaired) electrons. The van der Waals surface area contributed by atoms with Crippen LogP contribution in [0.25, 0.3) is 0 Å². The van der Waals surface area contributed by atoms with E-state index >= 15 is 0 Å². The van der Waals surface area contributed by atoms with Crippen molar-refractivity contribution in [1.29, 1.82) is 0 Å². The molecule has 3 heterocycles. The molecule has 0 fully saturated rings. The molecule has 1 amide bonds. The largest absolute Gasteiger partial charge is 0.342 e. The summed E-state index contributed by atoms with van der Waals surface area (Å²) in [6, 6.07) is 3.77. The van der Waals surface area contributed by atoms with Crippen LogP contribution in [0.5, 0.6) is 0 Å². The third kappa shape index (κ3) is 2.55. The van der Waals surface area contributed by atoms with Gasteiger partial charge in [-0.1, -0.05) is 13.8 Å². The molecular formula is C16H20N4O. The molecule has 0 saturated heterocycles. The molecule has 2 aromatic rings. The number of amides is 1. The number of aryl methyl sites for hydroxylation is 1. The number of carbonyl (C=O) groups is 1. The molecule has 0 spiro atoms. The van der Waals surface area contributed by atoms with Gasteiger partial charge in [-0.25, -0.2) is 9.97 Å². The minimum atomic E-state index is -0.132. The number of hydrogen-bond acceptors (Lipinski definition) is 3. The van der Waals surface area contributed by atoms with Gasteiger partial charge in [-0.3, -0.25) is 4.79 Å². The smallest absolute Gasteiger partial charge is 0.246 e. The molecule has 0 aliphatic carbocycles. The highest BCUT2D eigenvalue weighted by atomic mass is 16.2. The SMILES string of the molecule is CCc1ncc2c(n1)CN(C(=O)C(CC)n1cccc1)C2. The Kier molecular flexibility index (Phi) is 3.73. The lowest BCUT2D eigenvalue weighted by atomic mass is 10.2. The Labute approximate surface area is 124 Å². The zero-order chi connectivity index (χ0) is 14.8. The summed E-state index contributed by atoms with van der Waals surface area (Å²) in [4.78, 5) is 23.5. The van der Waals surface area contributed by atoms with Crippen molar-refractivity contribution in [2.24, 2.45) is 0 Å². The second-order valence-electron chi connectivity index (χ2n) is 5.36. The van der Waals surface area contributed by atoms with E-state index in [0.29, 0.717) is 13.1 Å². The van der Waals surface area contributed by atoms with Crippen molar-refractivity contribution in [2.45, 2.75) is 45.8 Å². The van der Waals surface area contributed by atoms with Gasteiger partial charge in [-0.2, -0.15) is 0 Å². The first-order valence-electron chi connectivity index (χ1n) is 7.47. The van der Waals surface area contributed by atoms with Gasteiger partial charge in [0.05, 0.1) is 12.2 Å². The molecule has 0 saturated carbocycles. The number of fused-ring (bicyclic) bond motifs is 1. The van der Waals surface area contributed by atoms with Gasteiger partial charge in [-0.05, 0) is 18.6 Å². The average molecular weight is 284 g/mol. The Hall–Kier alpha value is -2.17. The molecule has 5 nitrogen and oxygen atoms in total. The van der Waals surface area contributed by atoms with Crippen LogP contribution >= 0.6 is 0 Å². The van der Waals surface area contributed by atoms with Crippen molar-refractivity contribution < 1.29 is 4.79 Å². The van der Waals surface area contributed by atoms with Crippen LogP contribution in [-0.4, -0.2) is 25.3 Å². The molecule has 3 rings (SSSR count). The number of nitrogens with zero attached hydrogens (tertiary/aromatic N) is 4. The maximum atomic E-state index is 12.8. The summed E-state index contributed by atoms with van der Waals surface area (Å²) < 4.78 is 1.98. The number of aromatic nitrogens is 3. The van der Waals surface area contributed by atoms with E-state index in [1.807, 2.05) is 54.0 Å². The summed E-state index contributed by atoms with van der Waals surface area (Å²) in [6.07, 6.45) is 7.37. The Bertz CT molecular complexity index is 636. The molecule has 0 bridgehead atoms. The second-order valence-corrected chi connectivity index (χ2v) is 5.36. The molecular weight excluding hydrogens is 264 g/mol. The quantitative estimate of drug-likeness (QED) is 0.866. The summed E-state index contributed by atoms with van der Waals surface area (Å²) in [5, 5.41) is 0. The van der Waals surface area contributed by atoms with E-state index < -0.39 is 0 Å². The first kappa shape index (κ1) is 13.8. The van der Waals surface area contributed by atoms with Crippen molar-refractivity contribution in [3.63, 3.8) is 0 Å². The number of carbonyl (C=O) groups excluding carboxylic acids is 1. The Morgan fingerprint density at radius 3 is 2.71 bits per heavy atom. The predicted molar refractivity (Wildman–Crippen MR) is 79.4 cm³/mol. The molecule has 1 unspecified atom stereocenters. The van der Waals surface area contributed by atoms with Gasteiger partial charge in [0, 0.05) is 37.1 Å². The normalized spacial score (nSPS) is 15.0. The van der Waals surface area contributed by atoms with Crippen LogP contribution in [0.15, 0.2) is 30.7 Å². The lowest BCUT2D eigenvalue weighted by Gasteiger charge is -2.23. The van der Waals surface area contributed by atoms with Crippen LogP contribution < -0.4 is 0 Å². The fourth-order valence-corrected chi connectivity index (χ4v) is 2.80. The van der Waals surface area contributed by atoms with Crippen molar-refractivity contribution in [3.8, 4) is 0 Å². The fourth-order valence-electron chi connectivity index (χ4n) is 2.80. The zero-order valence-corrected chi connectivity index (χ0v) is 12.5. The monoisotopic (exact) mass is 284 g/mol. The molecule has 110 valence electrons. The summed E-state index contributed by atoms with van der Waals surface area (Å²) in [5.74, 6) is 1.00. The average Bonchev–Trinajstić information content (AvgIpc) is 3.16. The van der Waals surface area contributed by atoms with Crippen LogP contribution in [0, 0.1) is 0 Å². The third-order valence-electron chi connectivity index (χ3n) is 3.99. The van der Waals surface area contributed by atoms with E-state index in [0.717, 1.165) is 29.9 Å². The van der Waals surface area contributed by atoms with E-state index in [9.17, 15) is 4.79 Å². The van der Waals surface area contributed by atoms with Crippen molar-refractivity contribution in [3.05, 3.63) is 47.8 Å². The zero-order valence-electron chi connectivity index (χ0n) is 12.5. The van der Waals surface area contributed by atoms with Crippen LogP contribution in [-0.2, 0) is 24.3 Å². The standard InChI is InChI=1S/C16H20N4O/c1-3-14(19-7-5-6-8-19)16(21)20-10-12-9-17-15(4-2)18-13(12)11-20/h5-9,14H,3-4,10-11H2,1-2H3. The fraction of sp³-hybridized carbons (Fsp3) is 0.438. The van der Waals surface area contributed by atoms with Crippen molar-refractivity contribution in [1.82, 2.24) is 19.4 Å². The highest BCUT2D eigenvalue weighted by molar-refractivity contribution is 5.81. The summed E-state index contributed by atoms with van der Waals surface area (Å²) in [5.41, 5.74) is 2.07. The molecule has 5 heteroatoms. The number of rotatable bonds is 4. The molecule has 2 aromatic heterocycles. The van der Waals surface area contributed by atoms with Crippen LogP contribution in [0.1, 0.15) is 43.4 Å². The molecule has 21 heavy (non-hydrogen) atoms. The molecule has 0 aromatic carbocycles. The Balaban J connectivity index is 1.78. The Morgan fingerprint density at radius 2 is 2.05 bits per heavy atom. The third-order valence-corrected chi connectivity index (χ3v) is 3.99. The topological polar surface area (TPSA) is 51.0 Å². The van der Waals surface area contributed by atoms with Crippen molar-refractivity contribution >= 4 is 5.91 Å². The molecule has 1 aliphatic rings. The van der Waals surface area contributed by atoms with Crippen LogP contribution in [0.2, 0.25) is 0 Å². The van der Waals surface area contributed by atoms with E-state index in [1.54, 1.807) is 0 Å². The maximum Gasteiger partial charge on any atom is 0.246 e. The lowest BCUT2D eigenvalue weighted by Crippen LogP contribution is -2.33. The minimum Gasteiger partial charge on any atom is -0.342 e. The van der Waals surface area contributed by atoms with Crippen molar-refractivity contribution in [2.75, 3.05) is 0 Å². The van der Waals surface area contributed by atoms with Gasteiger partial charge in [0.25, 0.3) is 0 Å². The first-order valence-corrected chi connectivity index (χ1v) is 7.47. The first-order chi connectivity index (χ1) is 10.2. The van der Waals surface area contributed by atoms with E-state index in [1.165, 1.54) is 0 Å². The highest BCUT2D eigenvalue weighted by Gasteiger charge is 2.29. The molecule has 1 aliphatic heterocycles. The number of hydrogen-bond donors (Lipinski definition) is 0. The van der Waals surface area contributed by atoms with Gasteiger partial charge in [0.2, 0.25) is 5.91 Å². The predicted octanol–water partition coefficient (Wildman–Crippen LogP) is 2.33. The molecule has 1 atom stereocenters.